The van der Waals surface area contributed by atoms with Crippen LogP contribution in [0, 0.1) is 12.7 Å². The van der Waals surface area contributed by atoms with Crippen LogP contribution in [0.4, 0.5) is 9.52 Å². The maximum atomic E-state index is 13.3. The summed E-state index contributed by atoms with van der Waals surface area (Å²) in [4.78, 5) is 5.90. The molecule has 1 aliphatic rings. The zero-order valence-electron chi connectivity index (χ0n) is 14.0. The van der Waals surface area contributed by atoms with E-state index in [9.17, 15) is 4.39 Å². The highest BCUT2D eigenvalue weighted by atomic mass is 32.1. The number of halogens is 1. The van der Waals surface area contributed by atoms with Crippen molar-refractivity contribution in [2.24, 2.45) is 0 Å². The molecule has 2 nitrogen and oxygen atoms in total. The lowest BCUT2D eigenvalue weighted by atomic mass is 9.92. The molecule has 0 spiro atoms. The van der Waals surface area contributed by atoms with Gasteiger partial charge in [-0.2, -0.15) is 0 Å². The Morgan fingerprint density at radius 2 is 1.96 bits per heavy atom. The van der Waals surface area contributed by atoms with Gasteiger partial charge < -0.3 is 5.73 Å². The van der Waals surface area contributed by atoms with Crippen LogP contribution in [0.2, 0.25) is 0 Å². The summed E-state index contributed by atoms with van der Waals surface area (Å²) in [7, 11) is 0. The molecule has 2 heterocycles. The van der Waals surface area contributed by atoms with E-state index in [4.69, 9.17) is 5.73 Å². The van der Waals surface area contributed by atoms with Crippen LogP contribution in [0.1, 0.15) is 40.5 Å². The monoisotopic (exact) mass is 370 g/mol. The van der Waals surface area contributed by atoms with Crippen molar-refractivity contribution in [2.75, 3.05) is 5.73 Å². The fourth-order valence-electron chi connectivity index (χ4n) is 3.40. The minimum atomic E-state index is -0.204. The molecule has 1 aliphatic carbocycles. The van der Waals surface area contributed by atoms with Crippen LogP contribution in [0.25, 0.3) is 12.2 Å². The molecule has 0 saturated heterocycles. The predicted octanol–water partition coefficient (Wildman–Crippen LogP) is 3.96. The molecule has 2 N–H and O–H groups in total. The zero-order valence-corrected chi connectivity index (χ0v) is 15.6. The molecule has 0 amide bonds. The lowest BCUT2D eigenvalue weighted by Crippen LogP contribution is -2.22. The quantitative estimate of drug-likeness (QED) is 0.755. The third-order valence-electron chi connectivity index (χ3n) is 4.67. The van der Waals surface area contributed by atoms with Crippen molar-refractivity contribution in [3.8, 4) is 0 Å². The number of rotatable bonds is 4. The fourth-order valence-corrected chi connectivity index (χ4v) is 5.41. The Bertz CT molecular complexity index is 1020. The number of thiazole rings is 1. The molecule has 0 saturated carbocycles. The predicted molar refractivity (Wildman–Crippen MR) is 105 cm³/mol. The van der Waals surface area contributed by atoms with Gasteiger partial charge in [-0.3, -0.25) is 0 Å². The molecule has 5 heteroatoms. The number of thiophene rings is 1. The van der Waals surface area contributed by atoms with Crippen molar-refractivity contribution in [3.63, 3.8) is 0 Å². The number of nitrogens with zero attached hydrogens (tertiary/aromatic N) is 1. The van der Waals surface area contributed by atoms with Crippen LogP contribution >= 0.6 is 22.7 Å². The number of benzene rings is 1. The van der Waals surface area contributed by atoms with E-state index in [0.29, 0.717) is 5.13 Å². The van der Waals surface area contributed by atoms with Gasteiger partial charge in [-0.15, -0.1) is 22.7 Å². The van der Waals surface area contributed by atoms with Crippen LogP contribution in [0.3, 0.4) is 0 Å². The van der Waals surface area contributed by atoms with E-state index >= 15 is 0 Å². The first-order chi connectivity index (χ1) is 12.1. The smallest absolute Gasteiger partial charge is 0.180 e. The average molecular weight is 371 g/mol. The summed E-state index contributed by atoms with van der Waals surface area (Å²) < 4.78 is 14.6. The van der Waals surface area contributed by atoms with Gasteiger partial charge in [-0.1, -0.05) is 24.3 Å². The van der Waals surface area contributed by atoms with Crippen molar-refractivity contribution in [2.45, 2.75) is 32.1 Å². The first-order valence-electron chi connectivity index (χ1n) is 8.37. The Labute approximate surface area is 154 Å². The van der Waals surface area contributed by atoms with Gasteiger partial charge in [-0.05, 0) is 54.7 Å². The normalized spacial score (nSPS) is 14.5. The third-order valence-corrected chi connectivity index (χ3v) is 6.78. The summed E-state index contributed by atoms with van der Waals surface area (Å²) in [6.45, 7) is 2.20. The second-order valence-electron chi connectivity index (χ2n) is 6.35. The lowest BCUT2D eigenvalue weighted by Gasteiger charge is -2.15. The molecule has 1 unspecified atom stereocenters. The first kappa shape index (κ1) is 16.5. The lowest BCUT2D eigenvalue weighted by molar-refractivity contribution is 0.626. The summed E-state index contributed by atoms with van der Waals surface area (Å²) in [5.41, 5.74) is 9.35. The molecule has 4 rings (SSSR count). The topological polar surface area (TPSA) is 38.9 Å². The van der Waals surface area contributed by atoms with E-state index in [2.05, 4.69) is 29.4 Å². The molecule has 128 valence electrons. The molecular formula is C20H19FN2S2. The highest BCUT2D eigenvalue weighted by molar-refractivity contribution is 7.13. The van der Waals surface area contributed by atoms with Gasteiger partial charge in [0.2, 0.25) is 0 Å². The number of nitrogens with two attached hydrogens (primary N) is 1. The fraction of sp³-hybridized carbons (Fsp3) is 0.250. The Morgan fingerprint density at radius 3 is 2.64 bits per heavy atom. The van der Waals surface area contributed by atoms with Gasteiger partial charge in [-0.25, -0.2) is 9.37 Å². The number of hydrogen-bond donors (Lipinski definition) is 1. The van der Waals surface area contributed by atoms with Gasteiger partial charge >= 0.3 is 0 Å². The summed E-state index contributed by atoms with van der Waals surface area (Å²) in [6.07, 6.45) is 7.69. The van der Waals surface area contributed by atoms with Crippen LogP contribution in [-0.4, -0.2) is 4.98 Å². The standard InChI is InChI=1S/C20H19FN2S2/c1-12-15-4-2-3-5-18(15)25-19(12)16(17-11-24-20(22)23-17)10-13-6-8-14(21)9-7-13/h4-9,11,16H,2-3,10H2,1H3,(H2,22,23). The van der Waals surface area contributed by atoms with Crippen molar-refractivity contribution in [3.05, 3.63) is 66.9 Å². The number of aromatic nitrogens is 1. The Morgan fingerprint density at radius 1 is 1.20 bits per heavy atom. The number of nitrogen functional groups attached to an aromatic ring is 1. The minimum Gasteiger partial charge on any atom is -0.375 e. The van der Waals surface area contributed by atoms with E-state index < -0.39 is 0 Å². The second kappa shape index (κ2) is 6.73. The highest BCUT2D eigenvalue weighted by Gasteiger charge is 2.23. The van der Waals surface area contributed by atoms with E-state index in [1.807, 2.05) is 23.5 Å². The molecule has 0 aliphatic heterocycles. The van der Waals surface area contributed by atoms with Gasteiger partial charge in [0.05, 0.1) is 5.69 Å². The van der Waals surface area contributed by atoms with Crippen LogP contribution in [-0.2, 0) is 6.42 Å². The number of fused-ring (bicyclic) bond motifs is 1. The van der Waals surface area contributed by atoms with E-state index in [1.54, 1.807) is 0 Å². The molecule has 0 bridgehead atoms. The maximum Gasteiger partial charge on any atom is 0.180 e. The summed E-state index contributed by atoms with van der Waals surface area (Å²) in [6, 6.07) is 6.77. The van der Waals surface area contributed by atoms with E-state index in [0.717, 1.165) is 30.5 Å². The third kappa shape index (κ3) is 3.26. The van der Waals surface area contributed by atoms with Gasteiger partial charge in [0.25, 0.3) is 0 Å². The molecule has 0 fully saturated rings. The van der Waals surface area contributed by atoms with Crippen molar-refractivity contribution >= 4 is 40.0 Å². The zero-order chi connectivity index (χ0) is 17.4. The summed E-state index contributed by atoms with van der Waals surface area (Å²) in [5, 5.41) is 4.02. The first-order valence-corrected chi connectivity index (χ1v) is 10.1. The van der Waals surface area contributed by atoms with Crippen molar-refractivity contribution in [1.29, 1.82) is 0 Å². The van der Waals surface area contributed by atoms with Crippen LogP contribution in [0.5, 0.6) is 0 Å². The summed E-state index contributed by atoms with van der Waals surface area (Å²) >= 11 is 3.34. The Kier molecular flexibility index (Phi) is 4.44. The van der Waals surface area contributed by atoms with E-state index in [1.165, 1.54) is 43.7 Å². The molecular weight excluding hydrogens is 351 g/mol. The van der Waals surface area contributed by atoms with Crippen LogP contribution < -0.4 is 15.5 Å². The molecule has 0 radical (unpaired) electrons. The molecule has 3 aromatic rings. The second-order valence-corrected chi connectivity index (χ2v) is 8.32. The molecule has 1 aromatic carbocycles. The molecule has 25 heavy (non-hydrogen) atoms. The Balaban J connectivity index is 1.81. The Hall–Kier alpha value is -1.98. The summed E-state index contributed by atoms with van der Waals surface area (Å²) in [5.74, 6) is -0.0541. The largest absolute Gasteiger partial charge is 0.375 e. The highest BCUT2D eigenvalue weighted by Crippen LogP contribution is 2.33. The maximum absolute atomic E-state index is 13.3. The van der Waals surface area contributed by atoms with Crippen molar-refractivity contribution < 1.29 is 4.39 Å². The van der Waals surface area contributed by atoms with Gasteiger partial charge in [0.15, 0.2) is 5.13 Å². The molecule has 2 aromatic heterocycles. The average Bonchev–Trinajstić information content (AvgIpc) is 3.19. The number of anilines is 1. The molecule has 1 atom stereocenters. The number of hydrogen-bond acceptors (Lipinski definition) is 4. The van der Waals surface area contributed by atoms with Gasteiger partial charge in [0, 0.05) is 20.7 Å². The van der Waals surface area contributed by atoms with E-state index in [-0.39, 0.29) is 11.7 Å². The van der Waals surface area contributed by atoms with Crippen LogP contribution in [0.15, 0.2) is 29.6 Å². The van der Waals surface area contributed by atoms with Crippen molar-refractivity contribution in [1.82, 2.24) is 4.98 Å². The minimum absolute atomic E-state index is 0.149. The SMILES string of the molecule is Cc1c(C(Cc2ccc(F)cc2)c2csc(N)n2)sc2c1=CCCC=2. The van der Waals surface area contributed by atoms with Gasteiger partial charge in [0.1, 0.15) is 5.82 Å².